The van der Waals surface area contributed by atoms with Crippen molar-refractivity contribution in [3.8, 4) is 17.2 Å². The summed E-state index contributed by atoms with van der Waals surface area (Å²) in [7, 11) is 3.00. The SMILES string of the molecule is COc1cc(OC)c(NC(=O)NCc2cc(C)n(-c3ccc(F)cc3)c2C)cc1Cl. The van der Waals surface area contributed by atoms with Crippen LogP contribution >= 0.6 is 11.6 Å². The maximum absolute atomic E-state index is 13.2. The van der Waals surface area contributed by atoms with Crippen molar-refractivity contribution in [3.05, 3.63) is 70.3 Å². The quantitative estimate of drug-likeness (QED) is 0.562. The Kier molecular flexibility index (Phi) is 6.52. The van der Waals surface area contributed by atoms with Crippen LogP contribution in [-0.4, -0.2) is 24.8 Å². The summed E-state index contributed by atoms with van der Waals surface area (Å²) in [5, 5.41) is 5.93. The minimum absolute atomic E-state index is 0.283. The highest BCUT2D eigenvalue weighted by molar-refractivity contribution is 6.32. The summed E-state index contributed by atoms with van der Waals surface area (Å²) in [4.78, 5) is 12.4. The van der Waals surface area contributed by atoms with Crippen molar-refractivity contribution in [2.45, 2.75) is 20.4 Å². The second-order valence-electron chi connectivity index (χ2n) is 6.70. The number of anilines is 1. The lowest BCUT2D eigenvalue weighted by atomic mass is 10.2. The molecule has 0 aliphatic heterocycles. The molecule has 8 heteroatoms. The van der Waals surface area contributed by atoms with Crippen LogP contribution < -0.4 is 20.1 Å². The van der Waals surface area contributed by atoms with Crippen molar-refractivity contribution in [1.29, 1.82) is 0 Å². The van der Waals surface area contributed by atoms with Crippen LogP contribution in [0.3, 0.4) is 0 Å². The molecule has 158 valence electrons. The molecule has 0 saturated heterocycles. The third-order valence-electron chi connectivity index (χ3n) is 4.78. The fourth-order valence-corrected chi connectivity index (χ4v) is 3.54. The number of urea groups is 1. The monoisotopic (exact) mass is 431 g/mol. The number of amides is 2. The number of nitrogens with zero attached hydrogens (tertiary/aromatic N) is 1. The normalized spacial score (nSPS) is 10.6. The average Bonchev–Trinajstić information content (AvgIpc) is 3.00. The maximum atomic E-state index is 13.2. The van der Waals surface area contributed by atoms with Crippen LogP contribution in [0.15, 0.2) is 42.5 Å². The van der Waals surface area contributed by atoms with Gasteiger partial charge in [-0.3, -0.25) is 0 Å². The van der Waals surface area contributed by atoms with E-state index in [0.717, 1.165) is 22.6 Å². The van der Waals surface area contributed by atoms with Gasteiger partial charge in [0, 0.05) is 29.7 Å². The van der Waals surface area contributed by atoms with E-state index >= 15 is 0 Å². The van der Waals surface area contributed by atoms with Crippen LogP contribution in [0.4, 0.5) is 14.9 Å². The van der Waals surface area contributed by atoms with Gasteiger partial charge in [0.25, 0.3) is 0 Å². The third-order valence-corrected chi connectivity index (χ3v) is 5.08. The van der Waals surface area contributed by atoms with Crippen LogP contribution in [0, 0.1) is 19.7 Å². The summed E-state index contributed by atoms with van der Waals surface area (Å²) in [6, 6.07) is 11.1. The lowest BCUT2D eigenvalue weighted by Gasteiger charge is -2.14. The maximum Gasteiger partial charge on any atom is 0.319 e. The molecule has 0 bridgehead atoms. The fourth-order valence-electron chi connectivity index (χ4n) is 3.30. The second kappa shape index (κ2) is 9.09. The first-order valence-corrected chi connectivity index (χ1v) is 9.62. The zero-order chi connectivity index (χ0) is 21.8. The van der Waals surface area contributed by atoms with Gasteiger partial charge in [-0.1, -0.05) is 11.6 Å². The molecule has 2 amide bonds. The van der Waals surface area contributed by atoms with Crippen molar-refractivity contribution in [3.63, 3.8) is 0 Å². The van der Waals surface area contributed by atoms with Gasteiger partial charge in [-0.15, -0.1) is 0 Å². The van der Waals surface area contributed by atoms with E-state index in [4.69, 9.17) is 21.1 Å². The third kappa shape index (κ3) is 4.52. The molecule has 0 spiro atoms. The molecule has 0 saturated carbocycles. The van der Waals surface area contributed by atoms with Gasteiger partial charge in [0.1, 0.15) is 17.3 Å². The molecule has 0 fully saturated rings. The molecule has 1 heterocycles. The lowest BCUT2D eigenvalue weighted by molar-refractivity contribution is 0.251. The van der Waals surface area contributed by atoms with Gasteiger partial charge in [-0.2, -0.15) is 0 Å². The standard InChI is InChI=1S/C22H23ClFN3O3/c1-13-9-15(14(2)27(13)17-7-5-16(24)6-8-17)12-25-22(28)26-19-10-18(23)20(29-3)11-21(19)30-4/h5-11H,12H2,1-4H3,(H2,25,26,28). The molecule has 0 aliphatic rings. The Morgan fingerprint density at radius 1 is 1.07 bits per heavy atom. The van der Waals surface area contributed by atoms with E-state index in [1.165, 1.54) is 26.4 Å². The fraction of sp³-hybridized carbons (Fsp3) is 0.227. The highest BCUT2D eigenvalue weighted by atomic mass is 35.5. The molecule has 3 rings (SSSR count). The first-order valence-electron chi connectivity index (χ1n) is 9.24. The number of carbonyl (C=O) groups excluding carboxylic acids is 1. The minimum Gasteiger partial charge on any atom is -0.495 e. The van der Waals surface area contributed by atoms with Crippen molar-refractivity contribution < 1.29 is 18.7 Å². The molecule has 1 aromatic heterocycles. The van der Waals surface area contributed by atoms with Crippen LogP contribution in [0.5, 0.6) is 11.5 Å². The topological polar surface area (TPSA) is 64.5 Å². The van der Waals surface area contributed by atoms with Crippen molar-refractivity contribution in [2.24, 2.45) is 0 Å². The summed E-state index contributed by atoms with van der Waals surface area (Å²) >= 11 is 6.15. The molecule has 0 atom stereocenters. The second-order valence-corrected chi connectivity index (χ2v) is 7.11. The van der Waals surface area contributed by atoms with Gasteiger partial charge in [-0.25, -0.2) is 9.18 Å². The largest absolute Gasteiger partial charge is 0.495 e. The van der Waals surface area contributed by atoms with Gasteiger partial charge in [0.05, 0.1) is 24.9 Å². The summed E-state index contributed by atoms with van der Waals surface area (Å²) < 4.78 is 25.7. The van der Waals surface area contributed by atoms with Crippen molar-refractivity contribution >= 4 is 23.3 Å². The smallest absolute Gasteiger partial charge is 0.319 e. The number of halogens is 2. The number of rotatable bonds is 6. The Hall–Kier alpha value is -3.19. The zero-order valence-electron chi connectivity index (χ0n) is 17.2. The van der Waals surface area contributed by atoms with Crippen LogP contribution in [0.2, 0.25) is 5.02 Å². The van der Waals surface area contributed by atoms with E-state index in [-0.39, 0.29) is 5.82 Å². The van der Waals surface area contributed by atoms with E-state index < -0.39 is 6.03 Å². The molecule has 6 nitrogen and oxygen atoms in total. The average molecular weight is 432 g/mol. The molecular weight excluding hydrogens is 409 g/mol. The zero-order valence-corrected chi connectivity index (χ0v) is 17.9. The number of methoxy groups -OCH3 is 2. The number of hydrogen-bond donors (Lipinski definition) is 2. The molecule has 0 radical (unpaired) electrons. The van der Waals surface area contributed by atoms with E-state index in [9.17, 15) is 9.18 Å². The van der Waals surface area contributed by atoms with Gasteiger partial charge in [0.2, 0.25) is 0 Å². The number of carbonyl (C=O) groups is 1. The van der Waals surface area contributed by atoms with Gasteiger partial charge in [-0.05, 0) is 55.8 Å². The number of hydrogen-bond acceptors (Lipinski definition) is 3. The number of aromatic nitrogens is 1. The molecule has 3 aromatic rings. The van der Waals surface area contributed by atoms with E-state index in [0.29, 0.717) is 28.8 Å². The minimum atomic E-state index is -0.402. The van der Waals surface area contributed by atoms with Gasteiger partial charge >= 0.3 is 6.03 Å². The number of benzene rings is 2. The Bertz CT molecular complexity index is 1060. The summed E-state index contributed by atoms with van der Waals surface area (Å²) in [5.74, 6) is 0.599. The first-order chi connectivity index (χ1) is 14.3. The number of aryl methyl sites for hydroxylation is 1. The summed E-state index contributed by atoms with van der Waals surface area (Å²) in [5.41, 5.74) is 4.19. The Morgan fingerprint density at radius 2 is 1.73 bits per heavy atom. The lowest BCUT2D eigenvalue weighted by Crippen LogP contribution is -2.28. The predicted molar refractivity (Wildman–Crippen MR) is 116 cm³/mol. The van der Waals surface area contributed by atoms with Crippen LogP contribution in [-0.2, 0) is 6.54 Å². The van der Waals surface area contributed by atoms with Crippen LogP contribution in [0.1, 0.15) is 17.0 Å². The Balaban J connectivity index is 1.72. The first kappa shape index (κ1) is 21.5. The molecule has 30 heavy (non-hydrogen) atoms. The molecular formula is C22H23ClFN3O3. The van der Waals surface area contributed by atoms with E-state index in [1.807, 2.05) is 24.5 Å². The van der Waals surface area contributed by atoms with E-state index in [1.54, 1.807) is 24.3 Å². The van der Waals surface area contributed by atoms with Crippen molar-refractivity contribution in [1.82, 2.24) is 9.88 Å². The Labute approximate surface area is 179 Å². The van der Waals surface area contributed by atoms with Crippen LogP contribution in [0.25, 0.3) is 5.69 Å². The van der Waals surface area contributed by atoms with Crippen molar-refractivity contribution in [2.75, 3.05) is 19.5 Å². The van der Waals surface area contributed by atoms with Gasteiger partial charge < -0.3 is 24.7 Å². The summed E-state index contributed by atoms with van der Waals surface area (Å²) in [6.45, 7) is 4.24. The highest BCUT2D eigenvalue weighted by Gasteiger charge is 2.14. The number of ether oxygens (including phenoxy) is 2. The molecule has 2 N–H and O–H groups in total. The molecule has 0 unspecified atom stereocenters. The predicted octanol–water partition coefficient (Wildman–Crippen LogP) is 5.23. The number of nitrogens with one attached hydrogen (secondary N) is 2. The molecule has 0 aliphatic carbocycles. The van der Waals surface area contributed by atoms with E-state index in [2.05, 4.69) is 10.6 Å². The highest BCUT2D eigenvalue weighted by Crippen LogP contribution is 2.35. The van der Waals surface area contributed by atoms with Gasteiger partial charge in [0.15, 0.2) is 0 Å². The Morgan fingerprint density at radius 3 is 2.37 bits per heavy atom. The summed E-state index contributed by atoms with van der Waals surface area (Å²) in [6.07, 6.45) is 0. The molecule has 2 aromatic carbocycles.